The Morgan fingerprint density at radius 2 is 2.11 bits per heavy atom. The van der Waals surface area contributed by atoms with Gasteiger partial charge in [0.15, 0.2) is 0 Å². The van der Waals surface area contributed by atoms with E-state index in [9.17, 15) is 9.59 Å². The monoisotopic (exact) mass is 268 g/mol. The van der Waals surface area contributed by atoms with Crippen molar-refractivity contribution >= 4 is 12.0 Å². The Balaban J connectivity index is 1.75. The Bertz CT molecular complexity index is 364. The molecule has 1 aliphatic heterocycles. The molecule has 0 aromatic carbocycles. The van der Waals surface area contributed by atoms with Crippen molar-refractivity contribution in [3.63, 3.8) is 0 Å². The van der Waals surface area contributed by atoms with Crippen molar-refractivity contribution in [3.8, 4) is 0 Å². The SMILES string of the molecule is CC(C)CC1(CNC(=O)N2CCC(C(=O)O)C2)CC1. The first-order valence-corrected chi connectivity index (χ1v) is 7.17. The number of amides is 2. The molecule has 1 heterocycles. The van der Waals surface area contributed by atoms with E-state index in [0.717, 1.165) is 13.0 Å². The minimum Gasteiger partial charge on any atom is -0.481 e. The Morgan fingerprint density at radius 3 is 2.58 bits per heavy atom. The second-order valence-electron chi connectivity index (χ2n) is 6.53. The molecule has 0 spiro atoms. The van der Waals surface area contributed by atoms with Crippen molar-refractivity contribution in [2.45, 2.75) is 39.5 Å². The molecule has 0 radical (unpaired) electrons. The summed E-state index contributed by atoms with van der Waals surface area (Å²) in [4.78, 5) is 24.5. The molecule has 0 aromatic heterocycles. The van der Waals surface area contributed by atoms with Crippen molar-refractivity contribution in [1.82, 2.24) is 10.2 Å². The molecule has 2 fully saturated rings. The molecule has 0 aromatic rings. The lowest BCUT2D eigenvalue weighted by atomic mass is 9.94. The van der Waals surface area contributed by atoms with Crippen LogP contribution in [0.2, 0.25) is 0 Å². The number of nitrogens with one attached hydrogen (secondary N) is 1. The van der Waals surface area contributed by atoms with Crippen LogP contribution >= 0.6 is 0 Å². The average molecular weight is 268 g/mol. The van der Waals surface area contributed by atoms with E-state index in [1.807, 2.05) is 0 Å². The number of carboxylic acids is 1. The number of hydrogen-bond donors (Lipinski definition) is 2. The van der Waals surface area contributed by atoms with E-state index < -0.39 is 11.9 Å². The van der Waals surface area contributed by atoms with Crippen LogP contribution in [-0.2, 0) is 4.79 Å². The van der Waals surface area contributed by atoms with Gasteiger partial charge in [-0.3, -0.25) is 4.79 Å². The molecule has 1 aliphatic carbocycles. The smallest absolute Gasteiger partial charge is 0.317 e. The minimum atomic E-state index is -0.797. The molecule has 2 N–H and O–H groups in total. The minimum absolute atomic E-state index is 0.0984. The summed E-state index contributed by atoms with van der Waals surface area (Å²) < 4.78 is 0. The van der Waals surface area contributed by atoms with E-state index >= 15 is 0 Å². The van der Waals surface area contributed by atoms with E-state index in [-0.39, 0.29) is 6.03 Å². The van der Waals surface area contributed by atoms with E-state index in [1.165, 1.54) is 12.8 Å². The van der Waals surface area contributed by atoms with Gasteiger partial charge in [-0.05, 0) is 37.0 Å². The number of carbonyl (C=O) groups excluding carboxylic acids is 1. The number of nitrogens with zero attached hydrogens (tertiary/aromatic N) is 1. The molecule has 1 unspecified atom stereocenters. The summed E-state index contributed by atoms with van der Waals surface area (Å²) in [6.45, 7) is 6.05. The zero-order valence-corrected chi connectivity index (χ0v) is 11.8. The van der Waals surface area contributed by atoms with E-state index in [0.29, 0.717) is 30.8 Å². The predicted octanol–water partition coefficient (Wildman–Crippen LogP) is 1.93. The molecule has 5 nitrogen and oxygen atoms in total. The summed E-state index contributed by atoms with van der Waals surface area (Å²) in [5.74, 6) is -0.535. The third-order valence-corrected chi connectivity index (χ3v) is 4.24. The lowest BCUT2D eigenvalue weighted by Crippen LogP contribution is -2.41. The lowest BCUT2D eigenvalue weighted by molar-refractivity contribution is -0.141. The van der Waals surface area contributed by atoms with Crippen molar-refractivity contribution in [2.75, 3.05) is 19.6 Å². The normalized spacial score (nSPS) is 24.6. The van der Waals surface area contributed by atoms with Crippen molar-refractivity contribution in [2.24, 2.45) is 17.3 Å². The summed E-state index contributed by atoms with van der Waals surface area (Å²) in [5.41, 5.74) is 0.315. The second-order valence-corrected chi connectivity index (χ2v) is 6.53. The number of aliphatic carboxylic acids is 1. The van der Waals surface area contributed by atoms with Gasteiger partial charge in [0.1, 0.15) is 0 Å². The first-order chi connectivity index (χ1) is 8.92. The van der Waals surface area contributed by atoms with Crippen LogP contribution in [-0.4, -0.2) is 41.6 Å². The fourth-order valence-corrected chi connectivity index (χ4v) is 3.02. The highest BCUT2D eigenvalue weighted by atomic mass is 16.4. The third-order valence-electron chi connectivity index (χ3n) is 4.24. The molecule has 2 rings (SSSR count). The molecule has 2 aliphatic rings. The van der Waals surface area contributed by atoms with Crippen LogP contribution in [0.15, 0.2) is 0 Å². The van der Waals surface area contributed by atoms with Gasteiger partial charge in [0.2, 0.25) is 0 Å². The zero-order valence-electron chi connectivity index (χ0n) is 11.8. The highest BCUT2D eigenvalue weighted by molar-refractivity contribution is 5.77. The highest BCUT2D eigenvalue weighted by Gasteiger charge is 2.43. The van der Waals surface area contributed by atoms with Gasteiger partial charge < -0.3 is 15.3 Å². The Kier molecular flexibility index (Phi) is 4.02. The summed E-state index contributed by atoms with van der Waals surface area (Å²) in [5, 5.41) is 11.9. The number of carboxylic acid groups (broad SMARTS) is 1. The fourth-order valence-electron chi connectivity index (χ4n) is 3.02. The van der Waals surface area contributed by atoms with Crippen LogP contribution in [0.3, 0.4) is 0 Å². The van der Waals surface area contributed by atoms with Crippen LogP contribution in [0.4, 0.5) is 4.79 Å². The Labute approximate surface area is 114 Å². The molecule has 2 amide bonds. The van der Waals surface area contributed by atoms with Crippen LogP contribution < -0.4 is 5.32 Å². The molecule has 1 saturated carbocycles. The van der Waals surface area contributed by atoms with Gasteiger partial charge in [0.25, 0.3) is 0 Å². The van der Waals surface area contributed by atoms with E-state index in [4.69, 9.17) is 5.11 Å². The van der Waals surface area contributed by atoms with Crippen molar-refractivity contribution < 1.29 is 14.7 Å². The zero-order chi connectivity index (χ0) is 14.0. The maximum Gasteiger partial charge on any atom is 0.317 e. The van der Waals surface area contributed by atoms with Gasteiger partial charge >= 0.3 is 12.0 Å². The lowest BCUT2D eigenvalue weighted by Gasteiger charge is -2.21. The van der Waals surface area contributed by atoms with Crippen LogP contribution in [0.5, 0.6) is 0 Å². The fraction of sp³-hybridized carbons (Fsp3) is 0.857. The first-order valence-electron chi connectivity index (χ1n) is 7.17. The van der Waals surface area contributed by atoms with Crippen molar-refractivity contribution in [1.29, 1.82) is 0 Å². The molecule has 1 atom stereocenters. The molecule has 0 bridgehead atoms. The number of urea groups is 1. The van der Waals surface area contributed by atoms with Gasteiger partial charge in [-0.1, -0.05) is 13.8 Å². The number of likely N-dealkylation sites (tertiary alicyclic amines) is 1. The van der Waals surface area contributed by atoms with Gasteiger partial charge in [-0.25, -0.2) is 4.79 Å². The van der Waals surface area contributed by atoms with Gasteiger partial charge in [0, 0.05) is 19.6 Å². The first kappa shape index (κ1) is 14.2. The summed E-state index contributed by atoms with van der Waals surface area (Å²) in [7, 11) is 0. The van der Waals surface area contributed by atoms with Gasteiger partial charge in [0.05, 0.1) is 5.92 Å². The second kappa shape index (κ2) is 5.39. The van der Waals surface area contributed by atoms with Crippen LogP contribution in [0.1, 0.15) is 39.5 Å². The summed E-state index contributed by atoms with van der Waals surface area (Å²) in [6, 6.07) is -0.0984. The molecular weight excluding hydrogens is 244 g/mol. The molecule has 108 valence electrons. The van der Waals surface area contributed by atoms with Crippen molar-refractivity contribution in [3.05, 3.63) is 0 Å². The predicted molar refractivity (Wildman–Crippen MR) is 71.8 cm³/mol. The summed E-state index contributed by atoms with van der Waals surface area (Å²) >= 11 is 0. The maximum absolute atomic E-state index is 12.0. The summed E-state index contributed by atoms with van der Waals surface area (Å²) in [6.07, 6.45) is 4.12. The largest absolute Gasteiger partial charge is 0.481 e. The quantitative estimate of drug-likeness (QED) is 0.800. The van der Waals surface area contributed by atoms with Crippen LogP contribution in [0, 0.1) is 17.3 Å². The highest BCUT2D eigenvalue weighted by Crippen LogP contribution is 2.50. The average Bonchev–Trinajstić information content (AvgIpc) is 2.91. The van der Waals surface area contributed by atoms with E-state index in [1.54, 1.807) is 4.90 Å². The van der Waals surface area contributed by atoms with Gasteiger partial charge in [-0.15, -0.1) is 0 Å². The number of hydrogen-bond acceptors (Lipinski definition) is 2. The third kappa shape index (κ3) is 3.61. The standard InChI is InChI=1S/C14H24N2O3/c1-10(2)7-14(4-5-14)9-15-13(19)16-6-3-11(8-16)12(17)18/h10-11H,3-9H2,1-2H3,(H,15,19)(H,17,18). The molecule has 5 heteroatoms. The molecular formula is C14H24N2O3. The Morgan fingerprint density at radius 1 is 1.42 bits per heavy atom. The molecule has 19 heavy (non-hydrogen) atoms. The van der Waals surface area contributed by atoms with Gasteiger partial charge in [-0.2, -0.15) is 0 Å². The number of rotatable bonds is 5. The maximum atomic E-state index is 12.0. The Hall–Kier alpha value is -1.26. The van der Waals surface area contributed by atoms with Crippen LogP contribution in [0.25, 0.3) is 0 Å². The topological polar surface area (TPSA) is 69.6 Å². The number of carbonyl (C=O) groups is 2. The molecule has 1 saturated heterocycles. The van der Waals surface area contributed by atoms with E-state index in [2.05, 4.69) is 19.2 Å².